The number of rotatable bonds is 5. The summed E-state index contributed by atoms with van der Waals surface area (Å²) in [5.74, 6) is -9.75. The molecule has 0 unspecified atom stereocenters. The number of carbonyl (C=O) groups is 2. The van der Waals surface area contributed by atoms with Crippen molar-refractivity contribution in [3.8, 4) is 5.75 Å². The summed E-state index contributed by atoms with van der Waals surface area (Å²) >= 11 is 0. The first kappa shape index (κ1) is 22.8. The molecule has 2 N–H and O–H groups in total. The highest BCUT2D eigenvalue weighted by molar-refractivity contribution is 6.05. The van der Waals surface area contributed by atoms with Crippen LogP contribution >= 0.6 is 0 Å². The van der Waals surface area contributed by atoms with E-state index in [2.05, 4.69) is 0 Å². The Morgan fingerprint density at radius 1 is 1.06 bits per heavy atom. The van der Waals surface area contributed by atoms with Crippen LogP contribution in [0.2, 0.25) is 0 Å². The van der Waals surface area contributed by atoms with Crippen molar-refractivity contribution >= 4 is 22.8 Å². The van der Waals surface area contributed by atoms with E-state index in [0.29, 0.717) is 6.07 Å². The molecule has 1 saturated carbocycles. The molecule has 174 valence electrons. The zero-order valence-electron chi connectivity index (χ0n) is 17.7. The number of halogens is 4. The lowest BCUT2D eigenvalue weighted by molar-refractivity contribution is -0.139. The molecule has 9 heteroatoms. The van der Waals surface area contributed by atoms with Gasteiger partial charge in [0.25, 0.3) is 5.91 Å². The van der Waals surface area contributed by atoms with Gasteiger partial charge in [-0.2, -0.15) is 0 Å². The van der Waals surface area contributed by atoms with Crippen LogP contribution in [0.15, 0.2) is 24.3 Å². The van der Waals surface area contributed by atoms with Crippen molar-refractivity contribution in [1.82, 2.24) is 4.57 Å². The third kappa shape index (κ3) is 3.85. The first-order valence-electron chi connectivity index (χ1n) is 10.6. The number of benzene rings is 2. The molecule has 4 rings (SSSR count). The molecule has 3 aromatic rings. The van der Waals surface area contributed by atoms with Gasteiger partial charge in [0.15, 0.2) is 29.0 Å². The van der Waals surface area contributed by atoms with Crippen LogP contribution in [-0.2, 0) is 4.79 Å². The molecule has 33 heavy (non-hydrogen) atoms. The fraction of sp³-hybridized carbons (Fsp3) is 0.333. The van der Waals surface area contributed by atoms with Crippen molar-refractivity contribution in [2.45, 2.75) is 44.9 Å². The Bertz CT molecular complexity index is 1280. The molecule has 0 aliphatic heterocycles. The van der Waals surface area contributed by atoms with E-state index in [0.717, 1.165) is 48.4 Å². The molecular weight excluding hydrogens is 442 g/mol. The second-order valence-corrected chi connectivity index (χ2v) is 8.46. The summed E-state index contributed by atoms with van der Waals surface area (Å²) in [4.78, 5) is 25.5. The minimum atomic E-state index is -1.38. The van der Waals surface area contributed by atoms with Crippen LogP contribution in [0.1, 0.15) is 59.6 Å². The predicted molar refractivity (Wildman–Crippen MR) is 111 cm³/mol. The average Bonchev–Trinajstić information content (AvgIpc) is 3.37. The molecule has 1 aromatic heterocycles. The summed E-state index contributed by atoms with van der Waals surface area (Å²) in [7, 11) is 0. The number of phenols is 1. The molecule has 0 spiro atoms. The topological polar surface area (TPSA) is 79.5 Å². The maximum Gasteiger partial charge on any atom is 0.311 e. The van der Waals surface area contributed by atoms with Crippen molar-refractivity contribution in [2.75, 3.05) is 0 Å². The number of aliphatic carboxylic acids is 1. The van der Waals surface area contributed by atoms with E-state index in [-0.39, 0.29) is 40.1 Å². The number of aromatic nitrogens is 1. The molecular formula is C24H21F4NO4. The van der Waals surface area contributed by atoms with Gasteiger partial charge in [-0.1, -0.05) is 25.7 Å². The lowest BCUT2D eigenvalue weighted by Crippen LogP contribution is -2.18. The summed E-state index contributed by atoms with van der Waals surface area (Å²) < 4.78 is 57.4. The SMILES string of the molecule is Cc1c([C@H](CC2CCCC2)C(=O)O)c2c(F)c(O)c(F)cc2n1C(=O)c1ccc(F)c(F)c1. The van der Waals surface area contributed by atoms with E-state index in [1.165, 1.54) is 6.92 Å². The Hall–Kier alpha value is -3.36. The lowest BCUT2D eigenvalue weighted by atomic mass is 9.86. The molecule has 2 aromatic carbocycles. The monoisotopic (exact) mass is 463 g/mol. The van der Waals surface area contributed by atoms with Gasteiger partial charge in [-0.25, -0.2) is 17.6 Å². The third-order valence-corrected chi connectivity index (χ3v) is 6.47. The molecule has 1 heterocycles. The van der Waals surface area contributed by atoms with E-state index in [1.807, 2.05) is 0 Å². The molecule has 0 amide bonds. The Kier molecular flexibility index (Phi) is 5.90. The van der Waals surface area contributed by atoms with Gasteiger partial charge in [-0.3, -0.25) is 14.2 Å². The van der Waals surface area contributed by atoms with Crippen molar-refractivity contribution in [1.29, 1.82) is 0 Å². The van der Waals surface area contributed by atoms with Crippen LogP contribution < -0.4 is 0 Å². The minimum Gasteiger partial charge on any atom is -0.503 e. The van der Waals surface area contributed by atoms with Crippen molar-refractivity contribution < 1.29 is 37.4 Å². The number of phenolic OH excluding ortho intramolecular Hbond substituents is 1. The maximum absolute atomic E-state index is 15.1. The van der Waals surface area contributed by atoms with Crippen LogP contribution in [-0.4, -0.2) is 26.7 Å². The number of carbonyl (C=O) groups excluding carboxylic acids is 1. The normalized spacial score (nSPS) is 15.3. The number of hydrogen-bond acceptors (Lipinski definition) is 3. The number of fused-ring (bicyclic) bond motifs is 1. The molecule has 0 radical (unpaired) electrons. The van der Waals surface area contributed by atoms with E-state index in [9.17, 15) is 33.0 Å². The van der Waals surface area contributed by atoms with E-state index in [1.54, 1.807) is 0 Å². The largest absolute Gasteiger partial charge is 0.503 e. The Morgan fingerprint density at radius 2 is 1.73 bits per heavy atom. The van der Waals surface area contributed by atoms with E-state index >= 15 is 4.39 Å². The van der Waals surface area contributed by atoms with Crippen molar-refractivity contribution in [3.63, 3.8) is 0 Å². The fourth-order valence-corrected chi connectivity index (χ4v) is 4.88. The maximum atomic E-state index is 15.1. The number of aromatic hydroxyl groups is 1. The molecule has 0 bridgehead atoms. The van der Waals surface area contributed by atoms with Crippen LogP contribution in [0.3, 0.4) is 0 Å². The van der Waals surface area contributed by atoms with Crippen LogP contribution in [0.25, 0.3) is 10.9 Å². The standard InChI is InChI=1S/C24H21F4NO4/c1-11-19(14(24(32)33)8-12-4-2-3-5-12)20-18(10-17(27)22(30)21(20)28)29(11)23(31)13-6-7-15(25)16(26)9-13/h6-7,9-10,12,14,30H,2-5,8H2,1H3,(H,32,33)/t14-/m0/s1. The van der Waals surface area contributed by atoms with Gasteiger partial charge >= 0.3 is 5.97 Å². The number of carboxylic acids is 1. The van der Waals surface area contributed by atoms with Crippen molar-refractivity contribution in [3.05, 3.63) is 64.4 Å². The van der Waals surface area contributed by atoms with Crippen LogP contribution in [0, 0.1) is 36.1 Å². The van der Waals surface area contributed by atoms with Gasteiger partial charge < -0.3 is 10.2 Å². The highest BCUT2D eigenvalue weighted by Gasteiger charge is 2.35. The summed E-state index contributed by atoms with van der Waals surface area (Å²) in [5.41, 5.74) is -0.623. The predicted octanol–water partition coefficient (Wildman–Crippen LogP) is 5.65. The fourth-order valence-electron chi connectivity index (χ4n) is 4.88. The lowest BCUT2D eigenvalue weighted by Gasteiger charge is -2.18. The third-order valence-electron chi connectivity index (χ3n) is 6.47. The Labute approximate surface area is 186 Å². The summed E-state index contributed by atoms with van der Waals surface area (Å²) in [5, 5.41) is 19.5. The molecule has 0 saturated heterocycles. The molecule has 5 nitrogen and oxygen atoms in total. The average molecular weight is 463 g/mol. The van der Waals surface area contributed by atoms with Gasteiger partial charge in [0, 0.05) is 22.7 Å². The van der Waals surface area contributed by atoms with Gasteiger partial charge in [-0.05, 0) is 43.0 Å². The quantitative estimate of drug-likeness (QED) is 0.480. The molecule has 1 fully saturated rings. The smallest absolute Gasteiger partial charge is 0.311 e. The van der Waals surface area contributed by atoms with Gasteiger partial charge in [0.05, 0.1) is 11.4 Å². The summed E-state index contributed by atoms with van der Waals surface area (Å²) in [6.07, 6.45) is 3.72. The number of carboxylic acid groups (broad SMARTS) is 1. The Balaban J connectivity index is 1.98. The highest BCUT2D eigenvalue weighted by Crippen LogP contribution is 2.42. The molecule has 1 atom stereocenters. The van der Waals surface area contributed by atoms with Crippen LogP contribution in [0.5, 0.6) is 5.75 Å². The first-order valence-corrected chi connectivity index (χ1v) is 10.6. The van der Waals surface area contributed by atoms with Crippen molar-refractivity contribution in [2.24, 2.45) is 5.92 Å². The van der Waals surface area contributed by atoms with Gasteiger partial charge in [-0.15, -0.1) is 0 Å². The van der Waals surface area contributed by atoms with Crippen LogP contribution in [0.4, 0.5) is 17.6 Å². The highest BCUT2D eigenvalue weighted by atomic mass is 19.2. The second-order valence-electron chi connectivity index (χ2n) is 8.46. The zero-order valence-corrected chi connectivity index (χ0v) is 17.7. The van der Waals surface area contributed by atoms with E-state index in [4.69, 9.17) is 0 Å². The second kappa shape index (κ2) is 8.53. The summed E-state index contributed by atoms with van der Waals surface area (Å²) in [6, 6.07) is 3.16. The Morgan fingerprint density at radius 3 is 2.33 bits per heavy atom. The van der Waals surface area contributed by atoms with Gasteiger partial charge in [0.1, 0.15) is 0 Å². The number of nitrogens with zero attached hydrogens (tertiary/aromatic N) is 1. The van der Waals surface area contributed by atoms with E-state index < -0.39 is 46.8 Å². The molecule has 1 aliphatic carbocycles. The minimum absolute atomic E-state index is 0.0223. The summed E-state index contributed by atoms with van der Waals surface area (Å²) in [6.45, 7) is 1.38. The van der Waals surface area contributed by atoms with Gasteiger partial charge in [0.2, 0.25) is 0 Å². The first-order chi connectivity index (χ1) is 15.6. The zero-order chi connectivity index (χ0) is 24.0. The number of hydrogen-bond donors (Lipinski definition) is 2. The molecule has 1 aliphatic rings.